The van der Waals surface area contributed by atoms with Gasteiger partial charge in [0.2, 0.25) is 17.8 Å². The van der Waals surface area contributed by atoms with Crippen LogP contribution in [0.3, 0.4) is 0 Å². The second kappa shape index (κ2) is 10.3. The van der Waals surface area contributed by atoms with Gasteiger partial charge < -0.3 is 21.1 Å². The van der Waals surface area contributed by atoms with Gasteiger partial charge in [-0.3, -0.25) is 9.36 Å². The van der Waals surface area contributed by atoms with E-state index in [1.807, 2.05) is 4.57 Å². The van der Waals surface area contributed by atoms with Crippen LogP contribution in [0, 0.1) is 17.6 Å². The molecule has 192 valence electrons. The van der Waals surface area contributed by atoms with E-state index in [-0.39, 0.29) is 35.7 Å². The van der Waals surface area contributed by atoms with Gasteiger partial charge in [-0.1, -0.05) is 0 Å². The monoisotopic (exact) mass is 499 g/mol. The fraction of sp³-hybridized carbons (Fsp3) is 0.520. The first-order chi connectivity index (χ1) is 17.4. The first kappa shape index (κ1) is 24.4. The molecule has 0 aliphatic heterocycles. The van der Waals surface area contributed by atoms with Crippen LogP contribution in [0.15, 0.2) is 24.4 Å². The lowest BCUT2D eigenvalue weighted by atomic mass is 9.85. The van der Waals surface area contributed by atoms with Crippen LogP contribution in [-0.4, -0.2) is 49.7 Å². The molecule has 0 atom stereocenters. The van der Waals surface area contributed by atoms with Gasteiger partial charge in [0.25, 0.3) is 0 Å². The molecule has 0 bridgehead atoms. The predicted molar refractivity (Wildman–Crippen MR) is 132 cm³/mol. The van der Waals surface area contributed by atoms with Crippen molar-refractivity contribution in [3.8, 4) is 0 Å². The molecule has 1 amide bonds. The number of amides is 1. The standard InChI is InChI=1S/C25H31F2N7O2/c1-28-23(36)14-2-5-16(6-3-14)30-24-29-13-21-22(33-24)34(17-7-9-18(35)10-8-17)25(32-21)31-20-11-4-15(26)12-19(20)27/h4,11-14,16-18,35H,2-3,5-10H2,1H3,(H,28,36)(H,31,32)(H,29,30,33)/t14?,16?,17-,18+. The Morgan fingerprint density at radius 1 is 1.06 bits per heavy atom. The molecule has 36 heavy (non-hydrogen) atoms. The number of benzene rings is 1. The Kier molecular flexibility index (Phi) is 6.99. The third-order valence-corrected chi connectivity index (χ3v) is 7.32. The Labute approximate surface area is 207 Å². The molecule has 2 aliphatic carbocycles. The van der Waals surface area contributed by atoms with Gasteiger partial charge >= 0.3 is 0 Å². The van der Waals surface area contributed by atoms with Crippen LogP contribution in [0.1, 0.15) is 57.4 Å². The van der Waals surface area contributed by atoms with E-state index in [2.05, 4.69) is 25.9 Å². The second-order valence-electron chi connectivity index (χ2n) is 9.73. The quantitative estimate of drug-likeness (QED) is 0.404. The van der Waals surface area contributed by atoms with Gasteiger partial charge in [-0.05, 0) is 63.5 Å². The van der Waals surface area contributed by atoms with Crippen LogP contribution in [-0.2, 0) is 4.79 Å². The maximum Gasteiger partial charge on any atom is 0.224 e. The Morgan fingerprint density at radius 2 is 1.81 bits per heavy atom. The zero-order valence-corrected chi connectivity index (χ0v) is 20.2. The molecule has 1 aromatic carbocycles. The van der Waals surface area contributed by atoms with Crippen molar-refractivity contribution < 1.29 is 18.7 Å². The number of carbonyl (C=O) groups is 1. The summed E-state index contributed by atoms with van der Waals surface area (Å²) in [7, 11) is 1.67. The van der Waals surface area contributed by atoms with Crippen molar-refractivity contribution in [1.82, 2.24) is 24.8 Å². The average Bonchev–Trinajstić information content (AvgIpc) is 3.23. The minimum absolute atomic E-state index is 0.00940. The zero-order chi connectivity index (χ0) is 25.2. The first-order valence-corrected chi connectivity index (χ1v) is 12.5. The number of rotatable bonds is 6. The number of hydrogen-bond donors (Lipinski definition) is 4. The summed E-state index contributed by atoms with van der Waals surface area (Å²) >= 11 is 0. The van der Waals surface area contributed by atoms with Crippen molar-refractivity contribution in [3.63, 3.8) is 0 Å². The van der Waals surface area contributed by atoms with Crippen molar-refractivity contribution in [2.24, 2.45) is 5.92 Å². The summed E-state index contributed by atoms with van der Waals surface area (Å²) < 4.78 is 29.8. The van der Waals surface area contributed by atoms with Crippen LogP contribution in [0.2, 0.25) is 0 Å². The molecule has 9 nitrogen and oxygen atoms in total. The SMILES string of the molecule is CNC(=O)C1CCC(Nc2ncc3nc(Nc4ccc(F)cc4F)n([C@H]4CC[C@@H](O)CC4)c3n2)CC1. The number of nitrogens with one attached hydrogen (secondary N) is 3. The van der Waals surface area contributed by atoms with Gasteiger partial charge in [0, 0.05) is 31.1 Å². The van der Waals surface area contributed by atoms with Gasteiger partial charge in [0.1, 0.15) is 17.2 Å². The van der Waals surface area contributed by atoms with E-state index in [1.165, 1.54) is 12.1 Å². The molecular formula is C25H31F2N7O2. The van der Waals surface area contributed by atoms with Gasteiger partial charge in [-0.25, -0.2) is 18.7 Å². The van der Waals surface area contributed by atoms with E-state index >= 15 is 0 Å². The van der Waals surface area contributed by atoms with E-state index in [9.17, 15) is 18.7 Å². The fourth-order valence-electron chi connectivity index (χ4n) is 5.31. The number of halogens is 2. The average molecular weight is 500 g/mol. The highest BCUT2D eigenvalue weighted by atomic mass is 19.1. The molecular weight excluding hydrogens is 468 g/mol. The number of aliphatic hydroxyl groups excluding tert-OH is 1. The van der Waals surface area contributed by atoms with Gasteiger partial charge in [-0.15, -0.1) is 0 Å². The van der Waals surface area contributed by atoms with Gasteiger partial charge in [0.05, 0.1) is 18.0 Å². The third kappa shape index (κ3) is 5.11. The third-order valence-electron chi connectivity index (χ3n) is 7.32. The summed E-state index contributed by atoms with van der Waals surface area (Å²) in [6, 6.07) is 3.53. The summed E-state index contributed by atoms with van der Waals surface area (Å²) in [6.45, 7) is 0. The van der Waals surface area contributed by atoms with Crippen molar-refractivity contribution in [2.45, 2.75) is 69.6 Å². The number of aliphatic hydroxyl groups is 1. The maximum atomic E-state index is 14.4. The highest BCUT2D eigenvalue weighted by Crippen LogP contribution is 2.35. The minimum atomic E-state index is -0.714. The molecule has 4 N–H and O–H groups in total. The van der Waals surface area contributed by atoms with E-state index in [4.69, 9.17) is 4.98 Å². The number of aromatic nitrogens is 4. The van der Waals surface area contributed by atoms with Crippen molar-refractivity contribution in [3.05, 3.63) is 36.0 Å². The van der Waals surface area contributed by atoms with Gasteiger partial charge in [0.15, 0.2) is 5.65 Å². The molecule has 11 heteroatoms. The lowest BCUT2D eigenvalue weighted by Gasteiger charge is -2.29. The summed E-state index contributed by atoms with van der Waals surface area (Å²) in [4.78, 5) is 25.8. The summed E-state index contributed by atoms with van der Waals surface area (Å²) in [5, 5.41) is 19.2. The van der Waals surface area contributed by atoms with Crippen LogP contribution in [0.4, 0.5) is 26.4 Å². The van der Waals surface area contributed by atoms with Crippen LogP contribution in [0.25, 0.3) is 11.2 Å². The Balaban J connectivity index is 1.42. The van der Waals surface area contributed by atoms with Crippen LogP contribution in [0.5, 0.6) is 0 Å². The number of carbonyl (C=O) groups excluding carboxylic acids is 1. The molecule has 2 aliphatic rings. The molecule has 2 saturated carbocycles. The second-order valence-corrected chi connectivity index (χ2v) is 9.73. The smallest absolute Gasteiger partial charge is 0.224 e. The Hall–Kier alpha value is -3.34. The first-order valence-electron chi connectivity index (χ1n) is 12.5. The number of nitrogens with zero attached hydrogens (tertiary/aromatic N) is 4. The topological polar surface area (TPSA) is 117 Å². The molecule has 0 unspecified atom stereocenters. The maximum absolute atomic E-state index is 14.4. The summed E-state index contributed by atoms with van der Waals surface area (Å²) in [5.41, 5.74) is 1.28. The normalized spacial score (nSPS) is 24.4. The number of anilines is 3. The lowest BCUT2D eigenvalue weighted by molar-refractivity contribution is -0.125. The minimum Gasteiger partial charge on any atom is -0.393 e. The summed E-state index contributed by atoms with van der Waals surface area (Å²) in [6.07, 6.45) is 7.36. The van der Waals surface area contributed by atoms with E-state index in [1.54, 1.807) is 13.2 Å². The Bertz CT molecular complexity index is 1230. The lowest BCUT2D eigenvalue weighted by Crippen LogP contribution is -2.34. The highest BCUT2D eigenvalue weighted by Gasteiger charge is 2.28. The van der Waals surface area contributed by atoms with Crippen molar-refractivity contribution in [1.29, 1.82) is 0 Å². The number of hydrogen-bond acceptors (Lipinski definition) is 7. The Morgan fingerprint density at radius 3 is 2.50 bits per heavy atom. The predicted octanol–water partition coefficient (Wildman–Crippen LogP) is 4.04. The zero-order valence-electron chi connectivity index (χ0n) is 20.2. The van der Waals surface area contributed by atoms with Crippen LogP contribution >= 0.6 is 0 Å². The van der Waals surface area contributed by atoms with E-state index in [0.717, 1.165) is 44.6 Å². The molecule has 0 radical (unpaired) electrons. The van der Waals surface area contributed by atoms with Crippen LogP contribution < -0.4 is 16.0 Å². The molecule has 2 heterocycles. The molecule has 3 aromatic rings. The molecule has 5 rings (SSSR count). The number of imidazole rings is 1. The summed E-state index contributed by atoms with van der Waals surface area (Å²) in [5.74, 6) is -0.366. The van der Waals surface area contributed by atoms with Crippen molar-refractivity contribution >= 4 is 34.7 Å². The van der Waals surface area contributed by atoms with E-state index in [0.29, 0.717) is 35.9 Å². The van der Waals surface area contributed by atoms with E-state index < -0.39 is 11.6 Å². The highest BCUT2D eigenvalue weighted by molar-refractivity contribution is 5.78. The molecule has 2 fully saturated rings. The molecule has 2 aromatic heterocycles. The van der Waals surface area contributed by atoms with Crippen molar-refractivity contribution in [2.75, 3.05) is 17.7 Å². The number of fused-ring (bicyclic) bond motifs is 1. The molecule has 0 spiro atoms. The largest absolute Gasteiger partial charge is 0.393 e. The fourth-order valence-corrected chi connectivity index (χ4v) is 5.31. The molecule has 0 saturated heterocycles. The van der Waals surface area contributed by atoms with Gasteiger partial charge in [-0.2, -0.15) is 4.98 Å².